The Morgan fingerprint density at radius 1 is 1.25 bits per heavy atom. The van der Waals surface area contributed by atoms with E-state index in [0.29, 0.717) is 23.8 Å². The van der Waals surface area contributed by atoms with Gasteiger partial charge in [0.1, 0.15) is 5.75 Å². The molecule has 0 radical (unpaired) electrons. The number of aliphatic carboxylic acids is 1. The molecule has 0 fully saturated rings. The molecule has 0 aliphatic carbocycles. The van der Waals surface area contributed by atoms with E-state index in [4.69, 9.17) is 9.84 Å². The number of rotatable bonds is 8. The van der Waals surface area contributed by atoms with Gasteiger partial charge in [0.15, 0.2) is 5.78 Å². The molecular weight excluding hydrogens is 256 g/mol. The highest BCUT2D eigenvalue weighted by Crippen LogP contribution is 2.26. The molecule has 1 N–H and O–H groups in total. The van der Waals surface area contributed by atoms with Gasteiger partial charge in [-0.15, -0.1) is 0 Å². The third-order valence-corrected chi connectivity index (χ3v) is 3.00. The smallest absolute Gasteiger partial charge is 0.303 e. The highest BCUT2D eigenvalue weighted by Gasteiger charge is 2.15. The van der Waals surface area contributed by atoms with E-state index in [1.165, 1.54) is 0 Å². The summed E-state index contributed by atoms with van der Waals surface area (Å²) in [6.07, 6.45) is 0.700. The van der Waals surface area contributed by atoms with Crippen molar-refractivity contribution in [2.45, 2.75) is 46.0 Å². The quantitative estimate of drug-likeness (QED) is 0.737. The number of carbonyl (C=O) groups excluding carboxylic acids is 1. The van der Waals surface area contributed by atoms with Crippen molar-refractivity contribution in [3.63, 3.8) is 0 Å². The van der Waals surface area contributed by atoms with Crippen LogP contribution >= 0.6 is 0 Å². The predicted octanol–water partition coefficient (Wildman–Crippen LogP) is 3.65. The Morgan fingerprint density at radius 2 is 1.95 bits per heavy atom. The molecular formula is C16H22O4. The maximum absolute atomic E-state index is 12.2. The van der Waals surface area contributed by atoms with Crippen LogP contribution in [0.1, 0.15) is 61.9 Å². The molecule has 0 saturated heterocycles. The molecule has 0 saturated carbocycles. The van der Waals surface area contributed by atoms with Crippen molar-refractivity contribution in [3.8, 4) is 5.75 Å². The Morgan fingerprint density at radius 3 is 2.50 bits per heavy atom. The fourth-order valence-electron chi connectivity index (χ4n) is 1.82. The summed E-state index contributed by atoms with van der Waals surface area (Å²) < 4.78 is 5.58. The number of ketones is 1. The second-order valence-electron chi connectivity index (χ2n) is 5.08. The molecule has 0 aromatic heterocycles. The summed E-state index contributed by atoms with van der Waals surface area (Å²) in [7, 11) is 0. The third kappa shape index (κ3) is 4.68. The van der Waals surface area contributed by atoms with Crippen LogP contribution in [-0.2, 0) is 4.79 Å². The predicted molar refractivity (Wildman–Crippen MR) is 77.5 cm³/mol. The lowest BCUT2D eigenvalue weighted by Crippen LogP contribution is -2.08. The molecule has 0 aliphatic heterocycles. The number of hydrogen-bond donors (Lipinski definition) is 1. The third-order valence-electron chi connectivity index (χ3n) is 3.00. The Hall–Kier alpha value is -1.84. The van der Waals surface area contributed by atoms with Gasteiger partial charge >= 0.3 is 5.97 Å². The molecule has 110 valence electrons. The van der Waals surface area contributed by atoms with E-state index < -0.39 is 5.97 Å². The number of carboxylic acid groups (broad SMARTS) is 1. The summed E-state index contributed by atoms with van der Waals surface area (Å²) in [6.45, 7) is 6.63. The lowest BCUT2D eigenvalue weighted by molar-refractivity contribution is -0.136. The molecule has 4 nitrogen and oxygen atoms in total. The maximum Gasteiger partial charge on any atom is 0.303 e. The van der Waals surface area contributed by atoms with Crippen molar-refractivity contribution in [2.75, 3.05) is 6.61 Å². The van der Waals surface area contributed by atoms with E-state index in [1.807, 2.05) is 32.9 Å². The van der Waals surface area contributed by atoms with Gasteiger partial charge in [0.2, 0.25) is 0 Å². The minimum Gasteiger partial charge on any atom is -0.493 e. The highest BCUT2D eigenvalue weighted by molar-refractivity contribution is 6.00. The molecule has 1 aromatic carbocycles. The average molecular weight is 278 g/mol. The van der Waals surface area contributed by atoms with Gasteiger partial charge < -0.3 is 9.84 Å². The first-order chi connectivity index (χ1) is 9.45. The van der Waals surface area contributed by atoms with Gasteiger partial charge in [-0.3, -0.25) is 9.59 Å². The van der Waals surface area contributed by atoms with Crippen molar-refractivity contribution < 1.29 is 19.4 Å². The first kappa shape index (κ1) is 16.2. The van der Waals surface area contributed by atoms with E-state index in [1.54, 1.807) is 6.07 Å². The van der Waals surface area contributed by atoms with Crippen LogP contribution in [0.2, 0.25) is 0 Å². The molecule has 1 aromatic rings. The van der Waals surface area contributed by atoms with Crippen LogP contribution in [0.4, 0.5) is 0 Å². The number of benzene rings is 1. The second kappa shape index (κ2) is 7.68. The lowest BCUT2D eigenvalue weighted by atomic mass is 9.97. The number of carbonyl (C=O) groups is 2. The normalized spacial score (nSPS) is 10.6. The summed E-state index contributed by atoms with van der Waals surface area (Å²) >= 11 is 0. The topological polar surface area (TPSA) is 63.6 Å². The zero-order chi connectivity index (χ0) is 15.1. The van der Waals surface area contributed by atoms with Gasteiger partial charge in [0.05, 0.1) is 18.6 Å². The van der Waals surface area contributed by atoms with Gasteiger partial charge in [-0.25, -0.2) is 0 Å². The molecule has 4 heteroatoms. The molecule has 0 bridgehead atoms. The van der Waals surface area contributed by atoms with E-state index in [9.17, 15) is 9.59 Å². The van der Waals surface area contributed by atoms with E-state index >= 15 is 0 Å². The fraction of sp³-hybridized carbons (Fsp3) is 0.500. The summed E-state index contributed by atoms with van der Waals surface area (Å²) in [6, 6.07) is 5.57. The highest BCUT2D eigenvalue weighted by atomic mass is 16.5. The van der Waals surface area contributed by atoms with Crippen LogP contribution in [0.3, 0.4) is 0 Å². The van der Waals surface area contributed by atoms with Gasteiger partial charge in [0.25, 0.3) is 0 Å². The Kier molecular flexibility index (Phi) is 6.22. The lowest BCUT2D eigenvalue weighted by Gasteiger charge is -2.13. The molecule has 1 rings (SSSR count). The number of Topliss-reactive ketones (excluding diaryl/α,β-unsaturated/α-hetero) is 1. The Labute approximate surface area is 119 Å². The Balaban J connectivity index is 3.00. The first-order valence-corrected chi connectivity index (χ1v) is 6.97. The fourth-order valence-corrected chi connectivity index (χ4v) is 1.82. The van der Waals surface area contributed by atoms with Gasteiger partial charge in [-0.1, -0.05) is 26.8 Å². The zero-order valence-corrected chi connectivity index (χ0v) is 12.3. The van der Waals surface area contributed by atoms with Gasteiger partial charge in [-0.2, -0.15) is 0 Å². The van der Waals surface area contributed by atoms with Crippen LogP contribution in [0.5, 0.6) is 5.75 Å². The van der Waals surface area contributed by atoms with Crippen molar-refractivity contribution in [2.24, 2.45) is 0 Å². The van der Waals surface area contributed by atoms with Crippen molar-refractivity contribution in [1.29, 1.82) is 0 Å². The summed E-state index contributed by atoms with van der Waals surface area (Å²) in [5.41, 5.74) is 1.54. The maximum atomic E-state index is 12.2. The van der Waals surface area contributed by atoms with E-state index in [0.717, 1.165) is 12.0 Å². The van der Waals surface area contributed by atoms with Crippen molar-refractivity contribution in [3.05, 3.63) is 29.3 Å². The Bertz CT molecular complexity index is 477. The van der Waals surface area contributed by atoms with Crippen LogP contribution in [0.15, 0.2) is 18.2 Å². The monoisotopic (exact) mass is 278 g/mol. The van der Waals surface area contributed by atoms with Crippen LogP contribution in [0, 0.1) is 0 Å². The van der Waals surface area contributed by atoms with Crippen molar-refractivity contribution >= 4 is 11.8 Å². The van der Waals surface area contributed by atoms with Crippen LogP contribution in [0.25, 0.3) is 0 Å². The number of ether oxygens (including phenoxy) is 1. The molecule has 20 heavy (non-hydrogen) atoms. The molecule has 0 atom stereocenters. The van der Waals surface area contributed by atoms with Crippen LogP contribution < -0.4 is 4.74 Å². The molecule has 0 aliphatic rings. The average Bonchev–Trinajstić information content (AvgIpc) is 2.42. The summed E-state index contributed by atoms with van der Waals surface area (Å²) in [5, 5.41) is 8.68. The van der Waals surface area contributed by atoms with Gasteiger partial charge in [-0.05, 0) is 30.0 Å². The molecule has 0 spiro atoms. The second-order valence-corrected chi connectivity index (χ2v) is 5.08. The van der Waals surface area contributed by atoms with Crippen molar-refractivity contribution in [1.82, 2.24) is 0 Å². The minimum absolute atomic E-state index is 0.000628. The molecule has 0 unspecified atom stereocenters. The number of carboxylic acids is 1. The van der Waals surface area contributed by atoms with E-state index in [-0.39, 0.29) is 18.6 Å². The summed E-state index contributed by atoms with van der Waals surface area (Å²) in [5.74, 6) is -0.289. The summed E-state index contributed by atoms with van der Waals surface area (Å²) in [4.78, 5) is 22.7. The minimum atomic E-state index is -0.964. The zero-order valence-electron chi connectivity index (χ0n) is 12.3. The van der Waals surface area contributed by atoms with E-state index in [2.05, 4.69) is 0 Å². The standard InChI is InChI=1S/C16H22O4/c1-4-9-20-15-7-5-12(11(2)3)10-13(15)14(17)6-8-16(18)19/h5,7,10-11H,4,6,8-9H2,1-3H3,(H,18,19). The largest absolute Gasteiger partial charge is 0.493 e. The first-order valence-electron chi connectivity index (χ1n) is 6.97. The number of hydrogen-bond acceptors (Lipinski definition) is 3. The van der Waals surface area contributed by atoms with Crippen LogP contribution in [-0.4, -0.2) is 23.5 Å². The molecule has 0 amide bonds. The SMILES string of the molecule is CCCOc1ccc(C(C)C)cc1C(=O)CCC(=O)O. The van der Waals surface area contributed by atoms with Gasteiger partial charge in [0, 0.05) is 6.42 Å². The molecule has 0 heterocycles.